The Hall–Kier alpha value is -0.120. The Kier molecular flexibility index (Phi) is 5.45. The number of piperidine rings is 1. The first-order valence-corrected chi connectivity index (χ1v) is 5.64. The Morgan fingerprint density at radius 3 is 2.93 bits per heavy atom. The summed E-state index contributed by atoms with van der Waals surface area (Å²) < 4.78 is 5.17. The van der Waals surface area contributed by atoms with Gasteiger partial charge in [0.1, 0.15) is 0 Å². The van der Waals surface area contributed by atoms with E-state index < -0.39 is 0 Å². The van der Waals surface area contributed by atoms with E-state index in [4.69, 9.17) is 4.74 Å². The van der Waals surface area contributed by atoms with Crippen LogP contribution in [0.5, 0.6) is 0 Å². The maximum atomic E-state index is 5.17. The van der Waals surface area contributed by atoms with Crippen LogP contribution in [0.25, 0.3) is 0 Å². The molecule has 2 atom stereocenters. The molecule has 0 spiro atoms. The van der Waals surface area contributed by atoms with Crippen molar-refractivity contribution in [2.45, 2.75) is 25.8 Å². The van der Waals surface area contributed by atoms with Crippen molar-refractivity contribution < 1.29 is 4.74 Å². The van der Waals surface area contributed by atoms with Gasteiger partial charge in [0.05, 0.1) is 6.61 Å². The molecule has 0 aliphatic carbocycles. The molecule has 0 aromatic carbocycles. The van der Waals surface area contributed by atoms with Gasteiger partial charge in [-0.05, 0) is 32.4 Å². The Labute approximate surface area is 87.8 Å². The molecule has 1 N–H and O–H groups in total. The molecule has 0 aromatic rings. The largest absolute Gasteiger partial charge is 0.383 e. The molecule has 0 saturated carbocycles. The molecule has 0 radical (unpaired) electrons. The molecule has 0 aromatic heterocycles. The minimum atomic E-state index is 0.477. The molecule has 3 heteroatoms. The number of rotatable bonds is 5. The molecule has 1 saturated heterocycles. The summed E-state index contributed by atoms with van der Waals surface area (Å²) in [5.74, 6) is 0.865. The molecule has 2 unspecified atom stereocenters. The van der Waals surface area contributed by atoms with Crippen LogP contribution >= 0.6 is 0 Å². The highest BCUT2D eigenvalue weighted by molar-refractivity contribution is 4.75. The first kappa shape index (κ1) is 12.0. The molecular weight excluding hydrogens is 176 g/mol. The van der Waals surface area contributed by atoms with E-state index in [9.17, 15) is 0 Å². The third-order valence-electron chi connectivity index (χ3n) is 3.00. The van der Waals surface area contributed by atoms with E-state index in [-0.39, 0.29) is 0 Å². The zero-order valence-corrected chi connectivity index (χ0v) is 9.75. The number of likely N-dealkylation sites (tertiary alicyclic amines) is 1. The number of hydrogen-bond donors (Lipinski definition) is 1. The summed E-state index contributed by atoms with van der Waals surface area (Å²) in [5, 5.41) is 3.30. The Morgan fingerprint density at radius 2 is 2.36 bits per heavy atom. The second-order valence-electron chi connectivity index (χ2n) is 4.45. The normalized spacial score (nSPS) is 26.4. The maximum Gasteiger partial charge on any atom is 0.0628 e. The van der Waals surface area contributed by atoms with Crippen molar-refractivity contribution in [2.75, 3.05) is 40.4 Å². The Balaban J connectivity index is 2.26. The zero-order chi connectivity index (χ0) is 10.4. The van der Waals surface area contributed by atoms with Crippen molar-refractivity contribution in [3.63, 3.8) is 0 Å². The second kappa shape index (κ2) is 6.38. The van der Waals surface area contributed by atoms with Crippen molar-refractivity contribution in [3.05, 3.63) is 0 Å². The van der Waals surface area contributed by atoms with Crippen molar-refractivity contribution in [3.8, 4) is 0 Å². The van der Waals surface area contributed by atoms with Crippen LogP contribution in [0.1, 0.15) is 19.8 Å². The minimum absolute atomic E-state index is 0.477. The van der Waals surface area contributed by atoms with E-state index in [1.54, 1.807) is 7.11 Å². The van der Waals surface area contributed by atoms with E-state index >= 15 is 0 Å². The average molecular weight is 200 g/mol. The smallest absolute Gasteiger partial charge is 0.0628 e. The maximum absolute atomic E-state index is 5.17. The SMILES string of the molecule is CNC(COC)CN1CCCC(C)C1. The van der Waals surface area contributed by atoms with Crippen LogP contribution in [0.15, 0.2) is 0 Å². The lowest BCUT2D eigenvalue weighted by Crippen LogP contribution is -2.45. The third-order valence-corrected chi connectivity index (χ3v) is 3.00. The molecule has 1 heterocycles. The first-order valence-electron chi connectivity index (χ1n) is 5.64. The third kappa shape index (κ3) is 3.95. The second-order valence-corrected chi connectivity index (χ2v) is 4.45. The van der Waals surface area contributed by atoms with Crippen molar-refractivity contribution in [2.24, 2.45) is 5.92 Å². The molecule has 14 heavy (non-hydrogen) atoms. The van der Waals surface area contributed by atoms with Gasteiger partial charge in [-0.3, -0.25) is 0 Å². The molecule has 1 aliphatic rings. The van der Waals surface area contributed by atoms with Gasteiger partial charge < -0.3 is 15.0 Å². The van der Waals surface area contributed by atoms with Gasteiger partial charge in [0, 0.05) is 26.2 Å². The van der Waals surface area contributed by atoms with Gasteiger partial charge in [0.2, 0.25) is 0 Å². The number of nitrogens with one attached hydrogen (secondary N) is 1. The monoisotopic (exact) mass is 200 g/mol. The summed E-state index contributed by atoms with van der Waals surface area (Å²) >= 11 is 0. The minimum Gasteiger partial charge on any atom is -0.383 e. The number of hydrogen-bond acceptors (Lipinski definition) is 3. The molecule has 3 nitrogen and oxygen atoms in total. The number of methoxy groups -OCH3 is 1. The van der Waals surface area contributed by atoms with Gasteiger partial charge in [0.15, 0.2) is 0 Å². The highest BCUT2D eigenvalue weighted by Gasteiger charge is 2.18. The molecular formula is C11H24N2O. The van der Waals surface area contributed by atoms with Crippen LogP contribution in [0, 0.1) is 5.92 Å². The van der Waals surface area contributed by atoms with Crippen molar-refractivity contribution in [1.29, 1.82) is 0 Å². The summed E-state index contributed by atoms with van der Waals surface area (Å²) in [7, 11) is 3.78. The topological polar surface area (TPSA) is 24.5 Å². The predicted octanol–water partition coefficient (Wildman–Crippen LogP) is 0.953. The van der Waals surface area contributed by atoms with E-state index in [0.29, 0.717) is 6.04 Å². The van der Waals surface area contributed by atoms with Crippen LogP contribution in [-0.2, 0) is 4.74 Å². The lowest BCUT2D eigenvalue weighted by molar-refractivity contribution is 0.120. The number of likely N-dealkylation sites (N-methyl/N-ethyl adjacent to an activating group) is 1. The molecule has 1 rings (SSSR count). The van der Waals surface area contributed by atoms with Gasteiger partial charge in [-0.15, -0.1) is 0 Å². The van der Waals surface area contributed by atoms with E-state index in [1.165, 1.54) is 25.9 Å². The predicted molar refractivity (Wildman–Crippen MR) is 59.6 cm³/mol. The Morgan fingerprint density at radius 1 is 1.57 bits per heavy atom. The fraction of sp³-hybridized carbons (Fsp3) is 1.00. The zero-order valence-electron chi connectivity index (χ0n) is 9.75. The lowest BCUT2D eigenvalue weighted by Gasteiger charge is -2.33. The molecule has 0 amide bonds. The van der Waals surface area contributed by atoms with Gasteiger partial charge in [-0.2, -0.15) is 0 Å². The van der Waals surface area contributed by atoms with Gasteiger partial charge in [-0.25, -0.2) is 0 Å². The molecule has 84 valence electrons. The number of ether oxygens (including phenoxy) is 1. The van der Waals surface area contributed by atoms with Crippen LogP contribution < -0.4 is 5.32 Å². The highest BCUT2D eigenvalue weighted by Crippen LogP contribution is 2.15. The first-order chi connectivity index (χ1) is 6.76. The van der Waals surface area contributed by atoms with Crippen molar-refractivity contribution in [1.82, 2.24) is 10.2 Å². The highest BCUT2D eigenvalue weighted by atomic mass is 16.5. The quantitative estimate of drug-likeness (QED) is 0.715. The van der Waals surface area contributed by atoms with E-state index in [2.05, 4.69) is 17.1 Å². The number of nitrogens with zero attached hydrogens (tertiary/aromatic N) is 1. The van der Waals surface area contributed by atoms with Crippen LogP contribution in [-0.4, -0.2) is 51.3 Å². The lowest BCUT2D eigenvalue weighted by atomic mass is 10.00. The summed E-state index contributed by atoms with van der Waals surface area (Å²) in [6.45, 7) is 6.78. The van der Waals surface area contributed by atoms with Crippen LogP contribution in [0.4, 0.5) is 0 Å². The van der Waals surface area contributed by atoms with Crippen molar-refractivity contribution >= 4 is 0 Å². The summed E-state index contributed by atoms with van der Waals surface area (Å²) in [4.78, 5) is 2.55. The van der Waals surface area contributed by atoms with Gasteiger partial charge in [0.25, 0.3) is 0 Å². The van der Waals surface area contributed by atoms with Crippen LogP contribution in [0.3, 0.4) is 0 Å². The Bertz CT molecular complexity index is 152. The average Bonchev–Trinajstić information content (AvgIpc) is 2.17. The molecule has 0 bridgehead atoms. The van der Waals surface area contributed by atoms with Gasteiger partial charge >= 0.3 is 0 Å². The standard InChI is InChI=1S/C11H24N2O/c1-10-5-4-6-13(7-10)8-11(12-2)9-14-3/h10-12H,4-9H2,1-3H3. The van der Waals surface area contributed by atoms with E-state index in [0.717, 1.165) is 19.1 Å². The van der Waals surface area contributed by atoms with Crippen LogP contribution in [0.2, 0.25) is 0 Å². The van der Waals surface area contributed by atoms with E-state index in [1.807, 2.05) is 7.05 Å². The fourth-order valence-electron chi connectivity index (χ4n) is 2.19. The summed E-state index contributed by atoms with van der Waals surface area (Å²) in [6.07, 6.45) is 2.75. The summed E-state index contributed by atoms with van der Waals surface area (Å²) in [5.41, 5.74) is 0. The summed E-state index contributed by atoms with van der Waals surface area (Å²) in [6, 6.07) is 0.477. The van der Waals surface area contributed by atoms with Gasteiger partial charge in [-0.1, -0.05) is 6.92 Å². The molecule has 1 aliphatic heterocycles. The molecule has 1 fully saturated rings. The fourth-order valence-corrected chi connectivity index (χ4v) is 2.19.